The molecule has 0 aromatic rings. The van der Waals surface area contributed by atoms with Gasteiger partial charge in [0.2, 0.25) is 0 Å². The lowest BCUT2D eigenvalue weighted by Crippen LogP contribution is -2.50. The zero-order chi connectivity index (χ0) is 21.1. The van der Waals surface area contributed by atoms with Crippen molar-refractivity contribution >= 4 is 5.78 Å². The van der Waals surface area contributed by atoms with Crippen LogP contribution in [0, 0.1) is 11.8 Å². The number of carbonyl (C=O) groups excluding carboxylic acids is 1. The molecule has 2 unspecified atom stereocenters. The molecular weight excluding hydrogens is 370 g/mol. The minimum Gasteiger partial charge on any atom is -0.359 e. The Morgan fingerprint density at radius 1 is 1.03 bits per heavy atom. The van der Waals surface area contributed by atoms with E-state index in [9.17, 15) is 13.6 Å². The zero-order valence-corrected chi connectivity index (χ0v) is 18.4. The van der Waals surface area contributed by atoms with Crippen molar-refractivity contribution in [1.29, 1.82) is 0 Å². The van der Waals surface area contributed by atoms with E-state index in [1.807, 2.05) is 0 Å². The molecule has 0 radical (unpaired) electrons. The van der Waals surface area contributed by atoms with Crippen LogP contribution in [-0.2, 0) is 9.53 Å². The summed E-state index contributed by atoms with van der Waals surface area (Å²) in [5.74, 6) is -0.183. The Hall–Kier alpha value is -1.03. The minimum atomic E-state index is -2.03. The molecule has 166 valence electrons. The molecule has 0 saturated heterocycles. The van der Waals surface area contributed by atoms with E-state index >= 15 is 0 Å². The minimum absolute atomic E-state index is 0.264. The number of rotatable bonds is 13. The largest absolute Gasteiger partial charge is 0.359 e. The molecule has 2 aliphatic carbocycles. The highest BCUT2D eigenvalue weighted by Gasteiger charge is 2.49. The smallest absolute Gasteiger partial charge is 0.191 e. The van der Waals surface area contributed by atoms with Gasteiger partial charge in [-0.3, -0.25) is 4.79 Å². The van der Waals surface area contributed by atoms with E-state index in [1.54, 1.807) is 0 Å². The summed E-state index contributed by atoms with van der Waals surface area (Å²) in [6.45, 7) is 4.67. The van der Waals surface area contributed by atoms with Crippen molar-refractivity contribution in [3.8, 4) is 0 Å². The van der Waals surface area contributed by atoms with Crippen molar-refractivity contribution in [2.75, 3.05) is 6.61 Å². The van der Waals surface area contributed by atoms with Crippen LogP contribution < -0.4 is 0 Å². The molecule has 0 heterocycles. The van der Waals surface area contributed by atoms with Gasteiger partial charge in [-0.15, -0.1) is 0 Å². The first kappa shape index (κ1) is 24.2. The molecule has 1 fully saturated rings. The molecule has 0 N–H and O–H groups in total. The number of Topliss-reactive ketones (excluding diaryl/α,β-unsaturated/α-hetero) is 1. The second kappa shape index (κ2) is 12.6. The summed E-state index contributed by atoms with van der Waals surface area (Å²) in [7, 11) is 0. The molecule has 0 aromatic carbocycles. The number of ketones is 1. The highest BCUT2D eigenvalue weighted by atomic mass is 19.2. The molecule has 1 saturated carbocycles. The van der Waals surface area contributed by atoms with Crippen LogP contribution in [0.15, 0.2) is 24.1 Å². The van der Waals surface area contributed by atoms with Gasteiger partial charge in [0.1, 0.15) is 5.83 Å². The number of hydrogen-bond donors (Lipinski definition) is 0. The van der Waals surface area contributed by atoms with Crippen LogP contribution in [0.2, 0.25) is 0 Å². The van der Waals surface area contributed by atoms with E-state index < -0.39 is 17.6 Å². The molecule has 0 bridgehead atoms. The number of ether oxygens (including phenoxy) is 1. The lowest BCUT2D eigenvalue weighted by molar-refractivity contribution is -0.147. The van der Waals surface area contributed by atoms with Gasteiger partial charge in [0.15, 0.2) is 17.6 Å². The first-order chi connectivity index (χ1) is 14.0. The summed E-state index contributed by atoms with van der Waals surface area (Å²) in [4.78, 5) is 13.1. The van der Waals surface area contributed by atoms with Crippen LogP contribution in [0.25, 0.3) is 0 Å². The first-order valence-electron chi connectivity index (χ1n) is 11.9. The second-order valence-electron chi connectivity index (χ2n) is 8.99. The van der Waals surface area contributed by atoms with E-state index in [0.717, 1.165) is 56.9 Å². The first-order valence-corrected chi connectivity index (χ1v) is 11.9. The van der Waals surface area contributed by atoms with Gasteiger partial charge in [0.05, 0.1) is 0 Å². The second-order valence-corrected chi connectivity index (χ2v) is 8.99. The Bertz CT molecular complexity index is 549. The fourth-order valence-electron chi connectivity index (χ4n) is 4.77. The fourth-order valence-corrected chi connectivity index (χ4v) is 4.77. The number of carbonyl (C=O) groups is 1. The lowest BCUT2D eigenvalue weighted by Gasteiger charge is -2.36. The lowest BCUT2D eigenvalue weighted by atomic mass is 9.75. The van der Waals surface area contributed by atoms with E-state index in [-0.39, 0.29) is 18.1 Å². The van der Waals surface area contributed by atoms with Crippen LogP contribution in [0.3, 0.4) is 0 Å². The van der Waals surface area contributed by atoms with E-state index in [4.69, 9.17) is 4.74 Å². The van der Waals surface area contributed by atoms with Crippen molar-refractivity contribution < 1.29 is 18.3 Å². The van der Waals surface area contributed by atoms with E-state index in [1.165, 1.54) is 44.3 Å². The van der Waals surface area contributed by atoms with Crippen LogP contribution in [0.5, 0.6) is 0 Å². The maximum absolute atomic E-state index is 14.9. The number of allylic oxidation sites excluding steroid dienone is 2. The topological polar surface area (TPSA) is 26.3 Å². The van der Waals surface area contributed by atoms with Crippen molar-refractivity contribution in [1.82, 2.24) is 0 Å². The quantitative estimate of drug-likeness (QED) is 0.295. The molecule has 2 aliphatic rings. The maximum atomic E-state index is 14.9. The molecule has 2 rings (SSSR count). The molecular formula is C25H40F2O2. The Kier molecular flexibility index (Phi) is 10.5. The molecule has 29 heavy (non-hydrogen) atoms. The standard InChI is InChI=1S/C25H40F2O2/c1-3-5-6-7-8-9-18-29-25(17-10-12-22(26)24(25)27)23(28)19-21-15-13-20(11-4-2)14-16-21/h10,12,17,20-21,24H,3-9,11,13-16,18-19H2,1-2H3. The van der Waals surface area contributed by atoms with Crippen molar-refractivity contribution in [2.45, 2.75) is 109 Å². The predicted octanol–water partition coefficient (Wildman–Crippen LogP) is 7.43. The zero-order valence-electron chi connectivity index (χ0n) is 18.4. The van der Waals surface area contributed by atoms with Crippen LogP contribution in [0.4, 0.5) is 8.78 Å². The van der Waals surface area contributed by atoms with E-state index in [2.05, 4.69) is 13.8 Å². The van der Waals surface area contributed by atoms with Crippen molar-refractivity contribution in [3.63, 3.8) is 0 Å². The Morgan fingerprint density at radius 3 is 2.38 bits per heavy atom. The summed E-state index contributed by atoms with van der Waals surface area (Å²) < 4.78 is 34.8. The van der Waals surface area contributed by atoms with Gasteiger partial charge in [0.25, 0.3) is 0 Å². The maximum Gasteiger partial charge on any atom is 0.191 e. The van der Waals surface area contributed by atoms with Gasteiger partial charge in [0, 0.05) is 13.0 Å². The Balaban J connectivity index is 1.91. The van der Waals surface area contributed by atoms with Gasteiger partial charge >= 0.3 is 0 Å². The Morgan fingerprint density at radius 2 is 1.69 bits per heavy atom. The third kappa shape index (κ3) is 7.01. The van der Waals surface area contributed by atoms with Crippen LogP contribution in [-0.4, -0.2) is 24.2 Å². The summed E-state index contributed by atoms with van der Waals surface area (Å²) in [5, 5.41) is 0. The highest BCUT2D eigenvalue weighted by Crippen LogP contribution is 2.38. The average molecular weight is 411 g/mol. The highest BCUT2D eigenvalue weighted by molar-refractivity contribution is 5.91. The normalized spacial score (nSPS) is 29.7. The predicted molar refractivity (Wildman–Crippen MR) is 115 cm³/mol. The number of alkyl halides is 1. The third-order valence-corrected chi connectivity index (χ3v) is 6.63. The monoisotopic (exact) mass is 410 g/mol. The molecule has 0 spiro atoms. The molecule has 2 nitrogen and oxygen atoms in total. The summed E-state index contributed by atoms with van der Waals surface area (Å²) in [5.41, 5.74) is -1.78. The van der Waals surface area contributed by atoms with E-state index in [0.29, 0.717) is 6.61 Å². The summed E-state index contributed by atoms with van der Waals surface area (Å²) in [6.07, 6.45) is 15.4. The van der Waals surface area contributed by atoms with Gasteiger partial charge in [-0.1, -0.05) is 77.7 Å². The molecule has 0 aromatic heterocycles. The summed E-state index contributed by atoms with van der Waals surface area (Å²) in [6, 6.07) is 0. The fraction of sp³-hybridized carbons (Fsp3) is 0.800. The van der Waals surface area contributed by atoms with Crippen molar-refractivity contribution in [2.24, 2.45) is 11.8 Å². The molecule has 0 amide bonds. The Labute approximate surface area is 176 Å². The SMILES string of the molecule is CCCCCCCCOC1(C(=O)CC2CCC(CCC)CC2)C=CC=C(F)C1F. The van der Waals surface area contributed by atoms with Gasteiger partial charge in [-0.05, 0) is 43.3 Å². The van der Waals surface area contributed by atoms with Gasteiger partial charge in [-0.25, -0.2) is 8.78 Å². The van der Waals surface area contributed by atoms with Crippen LogP contribution >= 0.6 is 0 Å². The molecule has 4 heteroatoms. The van der Waals surface area contributed by atoms with Crippen LogP contribution in [0.1, 0.15) is 97.3 Å². The number of hydrogen-bond acceptors (Lipinski definition) is 2. The summed E-state index contributed by atoms with van der Waals surface area (Å²) >= 11 is 0. The van der Waals surface area contributed by atoms with Crippen molar-refractivity contribution in [3.05, 3.63) is 24.1 Å². The third-order valence-electron chi connectivity index (χ3n) is 6.63. The molecule has 2 atom stereocenters. The number of halogens is 2. The van der Waals surface area contributed by atoms with Gasteiger partial charge < -0.3 is 4.74 Å². The number of unbranched alkanes of at least 4 members (excludes halogenated alkanes) is 5. The van der Waals surface area contributed by atoms with Gasteiger partial charge in [-0.2, -0.15) is 0 Å². The molecule has 0 aliphatic heterocycles. The average Bonchev–Trinajstić information content (AvgIpc) is 2.72.